The summed E-state index contributed by atoms with van der Waals surface area (Å²) in [6.45, 7) is 12.4. The molecule has 0 bridgehead atoms. The minimum Gasteiger partial charge on any atom is -0.0628 e. The van der Waals surface area contributed by atoms with E-state index in [0.717, 1.165) is 24.7 Å². The summed E-state index contributed by atoms with van der Waals surface area (Å²) in [5.41, 5.74) is 0. The maximum atomic E-state index is 4.00. The normalized spacial score (nSPS) is 13.8. The Morgan fingerprint density at radius 3 is 2.17 bits per heavy atom. The molecule has 0 aromatic heterocycles. The van der Waals surface area contributed by atoms with Crippen LogP contribution in [0.25, 0.3) is 0 Å². The average Bonchev–Trinajstić information content (AvgIpc) is 2.02. The zero-order chi connectivity index (χ0) is 9.40. The van der Waals surface area contributed by atoms with Crippen LogP contribution in [0.1, 0.15) is 52.4 Å². The summed E-state index contributed by atoms with van der Waals surface area (Å²) in [4.78, 5) is 0. The lowest BCUT2D eigenvalue weighted by Crippen LogP contribution is -2.03. The molecule has 0 rings (SSSR count). The molecule has 1 unspecified atom stereocenters. The molecule has 0 N–H and O–H groups in total. The fourth-order valence-corrected chi connectivity index (χ4v) is 1.66. The molecule has 0 saturated heterocycles. The lowest BCUT2D eigenvalue weighted by atomic mass is 9.90. The van der Waals surface area contributed by atoms with Gasteiger partial charge in [0, 0.05) is 0 Å². The first-order valence-corrected chi connectivity index (χ1v) is 5.29. The van der Waals surface area contributed by atoms with Crippen molar-refractivity contribution >= 4 is 0 Å². The summed E-state index contributed by atoms with van der Waals surface area (Å²) in [5.74, 6) is 1.69. The zero-order valence-electron chi connectivity index (χ0n) is 8.81. The van der Waals surface area contributed by atoms with Gasteiger partial charge in [0.1, 0.15) is 0 Å². The number of unbranched alkanes of at least 4 members (excludes halogenated alkanes) is 2. The SMILES string of the molecule is [CH2]CCCCC(C[CH2])CC(C)C. The highest BCUT2D eigenvalue weighted by Gasteiger charge is 2.07. The molecular formula is C12H24. The third kappa shape index (κ3) is 6.69. The van der Waals surface area contributed by atoms with Gasteiger partial charge < -0.3 is 0 Å². The molecule has 2 radical (unpaired) electrons. The van der Waals surface area contributed by atoms with Crippen LogP contribution in [-0.4, -0.2) is 0 Å². The molecule has 0 saturated carbocycles. The summed E-state index contributed by atoms with van der Waals surface area (Å²) < 4.78 is 0. The van der Waals surface area contributed by atoms with E-state index in [-0.39, 0.29) is 0 Å². The zero-order valence-corrected chi connectivity index (χ0v) is 8.81. The fraction of sp³-hybridized carbons (Fsp3) is 0.833. The molecule has 0 aliphatic heterocycles. The van der Waals surface area contributed by atoms with Crippen molar-refractivity contribution in [2.45, 2.75) is 52.4 Å². The van der Waals surface area contributed by atoms with E-state index in [1.807, 2.05) is 0 Å². The highest BCUT2D eigenvalue weighted by Crippen LogP contribution is 2.21. The third-order valence-corrected chi connectivity index (χ3v) is 2.33. The van der Waals surface area contributed by atoms with Gasteiger partial charge in [0.15, 0.2) is 0 Å². The predicted molar refractivity (Wildman–Crippen MR) is 56.7 cm³/mol. The number of hydrogen-bond donors (Lipinski definition) is 0. The van der Waals surface area contributed by atoms with E-state index >= 15 is 0 Å². The van der Waals surface area contributed by atoms with Crippen LogP contribution >= 0.6 is 0 Å². The summed E-state index contributed by atoms with van der Waals surface area (Å²) in [5, 5.41) is 0. The highest BCUT2D eigenvalue weighted by atomic mass is 14.1. The molecule has 0 aliphatic carbocycles. The van der Waals surface area contributed by atoms with Crippen LogP contribution in [0.15, 0.2) is 0 Å². The van der Waals surface area contributed by atoms with E-state index in [4.69, 9.17) is 0 Å². The molecule has 1 atom stereocenters. The van der Waals surface area contributed by atoms with Crippen molar-refractivity contribution in [1.29, 1.82) is 0 Å². The highest BCUT2D eigenvalue weighted by molar-refractivity contribution is 4.63. The molecule has 0 amide bonds. The smallest absolute Gasteiger partial charge is 0.0412 e. The van der Waals surface area contributed by atoms with Crippen molar-refractivity contribution in [3.8, 4) is 0 Å². The van der Waals surface area contributed by atoms with Crippen molar-refractivity contribution in [3.05, 3.63) is 13.8 Å². The molecule has 0 nitrogen and oxygen atoms in total. The van der Waals surface area contributed by atoms with Crippen molar-refractivity contribution in [3.63, 3.8) is 0 Å². The van der Waals surface area contributed by atoms with Crippen LogP contribution in [-0.2, 0) is 0 Å². The quantitative estimate of drug-likeness (QED) is 0.498. The second kappa shape index (κ2) is 7.64. The van der Waals surface area contributed by atoms with Gasteiger partial charge in [-0.15, -0.1) is 0 Å². The van der Waals surface area contributed by atoms with Crippen LogP contribution in [0.2, 0.25) is 0 Å². The molecule has 0 spiro atoms. The number of hydrogen-bond acceptors (Lipinski definition) is 0. The Bertz CT molecular complexity index is 84.0. The van der Waals surface area contributed by atoms with E-state index in [1.54, 1.807) is 0 Å². The standard InChI is InChI=1S/C12H24/c1-5-7-8-9-12(6-2)10-11(3)4/h11-12H,1-2,5-10H2,3-4H3. The van der Waals surface area contributed by atoms with Gasteiger partial charge >= 0.3 is 0 Å². The Hall–Kier alpha value is 0. The van der Waals surface area contributed by atoms with Crippen molar-refractivity contribution in [1.82, 2.24) is 0 Å². The van der Waals surface area contributed by atoms with Gasteiger partial charge in [0.05, 0.1) is 0 Å². The summed E-state index contributed by atoms with van der Waals surface area (Å²) >= 11 is 0. The Labute approximate surface area is 78.8 Å². The van der Waals surface area contributed by atoms with Gasteiger partial charge in [-0.2, -0.15) is 0 Å². The van der Waals surface area contributed by atoms with E-state index in [9.17, 15) is 0 Å². The van der Waals surface area contributed by atoms with Gasteiger partial charge in [-0.25, -0.2) is 0 Å². The fourth-order valence-electron chi connectivity index (χ4n) is 1.66. The van der Waals surface area contributed by atoms with E-state index < -0.39 is 0 Å². The van der Waals surface area contributed by atoms with Gasteiger partial charge in [0.2, 0.25) is 0 Å². The molecule has 0 heteroatoms. The van der Waals surface area contributed by atoms with Crippen LogP contribution < -0.4 is 0 Å². The van der Waals surface area contributed by atoms with E-state index in [0.29, 0.717) is 0 Å². The lowest BCUT2D eigenvalue weighted by Gasteiger charge is -2.16. The monoisotopic (exact) mass is 168 g/mol. The molecule has 0 aromatic rings. The Balaban J connectivity index is 3.39. The lowest BCUT2D eigenvalue weighted by molar-refractivity contribution is 0.376. The average molecular weight is 168 g/mol. The largest absolute Gasteiger partial charge is 0.0628 e. The van der Waals surface area contributed by atoms with Crippen LogP contribution in [0.3, 0.4) is 0 Å². The summed E-state index contributed by atoms with van der Waals surface area (Å²) in [6.07, 6.45) is 7.53. The Kier molecular flexibility index (Phi) is 7.64. The molecular weight excluding hydrogens is 144 g/mol. The maximum absolute atomic E-state index is 4.00. The van der Waals surface area contributed by atoms with Crippen LogP contribution in [0.4, 0.5) is 0 Å². The minimum absolute atomic E-state index is 0.830. The Morgan fingerprint density at radius 1 is 1.08 bits per heavy atom. The first-order valence-electron chi connectivity index (χ1n) is 5.29. The van der Waals surface area contributed by atoms with Crippen molar-refractivity contribution < 1.29 is 0 Å². The van der Waals surface area contributed by atoms with Gasteiger partial charge in [-0.1, -0.05) is 59.8 Å². The van der Waals surface area contributed by atoms with Crippen LogP contribution in [0, 0.1) is 25.7 Å². The van der Waals surface area contributed by atoms with Crippen molar-refractivity contribution in [2.75, 3.05) is 0 Å². The van der Waals surface area contributed by atoms with E-state index in [1.165, 1.54) is 25.7 Å². The Morgan fingerprint density at radius 2 is 1.75 bits per heavy atom. The third-order valence-electron chi connectivity index (χ3n) is 2.33. The van der Waals surface area contributed by atoms with Crippen molar-refractivity contribution in [2.24, 2.45) is 11.8 Å². The summed E-state index contributed by atoms with van der Waals surface area (Å²) in [7, 11) is 0. The van der Waals surface area contributed by atoms with Gasteiger partial charge in [-0.3, -0.25) is 0 Å². The molecule has 0 heterocycles. The second-order valence-corrected chi connectivity index (χ2v) is 4.13. The molecule has 0 aliphatic rings. The number of rotatable bonds is 7. The second-order valence-electron chi connectivity index (χ2n) is 4.13. The first kappa shape index (κ1) is 12.0. The molecule has 0 aromatic carbocycles. The molecule has 12 heavy (non-hydrogen) atoms. The first-order chi connectivity index (χ1) is 5.70. The van der Waals surface area contributed by atoms with Gasteiger partial charge in [-0.05, 0) is 18.3 Å². The topological polar surface area (TPSA) is 0 Å². The van der Waals surface area contributed by atoms with Gasteiger partial charge in [0.25, 0.3) is 0 Å². The van der Waals surface area contributed by atoms with Crippen LogP contribution in [0.5, 0.6) is 0 Å². The van der Waals surface area contributed by atoms with E-state index in [2.05, 4.69) is 27.7 Å². The predicted octanol–water partition coefficient (Wildman–Crippen LogP) is 4.27. The molecule has 72 valence electrons. The molecule has 0 fully saturated rings. The minimum atomic E-state index is 0.830. The maximum Gasteiger partial charge on any atom is -0.0412 e. The summed E-state index contributed by atoms with van der Waals surface area (Å²) in [6, 6.07) is 0.